The summed E-state index contributed by atoms with van der Waals surface area (Å²) in [4.78, 5) is 13.9. The normalized spacial score (nSPS) is 16.6. The fourth-order valence-electron chi connectivity index (χ4n) is 2.94. The van der Waals surface area contributed by atoms with E-state index in [1.807, 2.05) is 24.3 Å². The number of benzene rings is 2. The molecule has 1 aliphatic carbocycles. The van der Waals surface area contributed by atoms with E-state index in [2.05, 4.69) is 0 Å². The maximum atomic E-state index is 13.8. The lowest BCUT2D eigenvalue weighted by atomic mass is 10.1. The zero-order valence-electron chi connectivity index (χ0n) is 11.6. The molecule has 0 saturated carbocycles. The Morgan fingerprint density at radius 1 is 1.14 bits per heavy atom. The summed E-state index contributed by atoms with van der Waals surface area (Å²) in [5.74, 6) is -2.57. The fourth-order valence-corrected chi connectivity index (χ4v) is 2.94. The second kappa shape index (κ2) is 5.28. The van der Waals surface area contributed by atoms with E-state index in [-0.39, 0.29) is 11.6 Å². The van der Waals surface area contributed by atoms with Crippen molar-refractivity contribution in [3.8, 4) is 0 Å². The van der Waals surface area contributed by atoms with Crippen LogP contribution in [0, 0.1) is 11.6 Å². The molecular weight excluding hydrogens is 272 g/mol. The average Bonchev–Trinajstić information content (AvgIpc) is 2.92. The van der Waals surface area contributed by atoms with Gasteiger partial charge in [-0.25, -0.2) is 8.78 Å². The number of carbonyl (C=O) groups excluding carboxylic acids is 1. The highest BCUT2D eigenvalue weighted by Gasteiger charge is 2.30. The van der Waals surface area contributed by atoms with Crippen LogP contribution in [0.15, 0.2) is 42.5 Å². The van der Waals surface area contributed by atoms with Gasteiger partial charge in [0.15, 0.2) is 11.6 Å². The average molecular weight is 287 g/mol. The third-order valence-corrected chi connectivity index (χ3v) is 4.07. The van der Waals surface area contributed by atoms with Crippen molar-refractivity contribution in [1.29, 1.82) is 0 Å². The summed E-state index contributed by atoms with van der Waals surface area (Å²) in [7, 11) is 1.64. The maximum Gasteiger partial charge on any atom is 0.257 e. The van der Waals surface area contributed by atoms with Gasteiger partial charge in [0, 0.05) is 7.05 Å². The number of hydrogen-bond donors (Lipinski definition) is 0. The predicted molar refractivity (Wildman–Crippen MR) is 76.0 cm³/mol. The van der Waals surface area contributed by atoms with Gasteiger partial charge < -0.3 is 4.90 Å². The SMILES string of the molecule is CN(C(=O)c1cccc(F)c1F)C1CCc2ccccc21. The third kappa shape index (κ3) is 2.31. The third-order valence-electron chi connectivity index (χ3n) is 4.07. The van der Waals surface area contributed by atoms with Crippen LogP contribution in [0.5, 0.6) is 0 Å². The molecule has 4 heteroatoms. The number of rotatable bonds is 2. The number of hydrogen-bond acceptors (Lipinski definition) is 1. The molecule has 1 unspecified atom stereocenters. The van der Waals surface area contributed by atoms with Crippen LogP contribution < -0.4 is 0 Å². The first-order valence-electron chi connectivity index (χ1n) is 6.88. The minimum absolute atomic E-state index is 0.0867. The van der Waals surface area contributed by atoms with E-state index < -0.39 is 17.5 Å². The van der Waals surface area contributed by atoms with Crippen LogP contribution in [-0.4, -0.2) is 17.9 Å². The van der Waals surface area contributed by atoms with Crippen LogP contribution in [-0.2, 0) is 6.42 Å². The molecule has 21 heavy (non-hydrogen) atoms. The van der Waals surface area contributed by atoms with Gasteiger partial charge in [0.2, 0.25) is 0 Å². The van der Waals surface area contributed by atoms with Gasteiger partial charge in [0.1, 0.15) is 0 Å². The molecule has 108 valence electrons. The second-order valence-electron chi connectivity index (χ2n) is 5.27. The first-order chi connectivity index (χ1) is 10.1. The van der Waals surface area contributed by atoms with Gasteiger partial charge in [-0.15, -0.1) is 0 Å². The number of fused-ring (bicyclic) bond motifs is 1. The van der Waals surface area contributed by atoms with Gasteiger partial charge in [-0.3, -0.25) is 4.79 Å². The first kappa shape index (κ1) is 13.7. The highest BCUT2D eigenvalue weighted by Crippen LogP contribution is 2.35. The molecule has 0 aliphatic heterocycles. The Balaban J connectivity index is 1.91. The summed E-state index contributed by atoms with van der Waals surface area (Å²) >= 11 is 0. The van der Waals surface area contributed by atoms with Gasteiger partial charge in [0.05, 0.1) is 11.6 Å². The number of aryl methyl sites for hydroxylation is 1. The van der Waals surface area contributed by atoms with Crippen molar-refractivity contribution >= 4 is 5.91 Å². The lowest BCUT2D eigenvalue weighted by Gasteiger charge is -2.25. The molecule has 0 fully saturated rings. The van der Waals surface area contributed by atoms with Crippen molar-refractivity contribution in [2.75, 3.05) is 7.05 Å². The molecule has 0 spiro atoms. The molecular formula is C17H15F2NO. The van der Waals surface area contributed by atoms with E-state index >= 15 is 0 Å². The van der Waals surface area contributed by atoms with Gasteiger partial charge in [-0.1, -0.05) is 30.3 Å². The van der Waals surface area contributed by atoms with Gasteiger partial charge in [-0.05, 0) is 36.1 Å². The van der Waals surface area contributed by atoms with Crippen LogP contribution >= 0.6 is 0 Å². The van der Waals surface area contributed by atoms with Crippen LogP contribution in [0.3, 0.4) is 0 Å². The molecule has 2 aromatic rings. The van der Waals surface area contributed by atoms with Gasteiger partial charge in [-0.2, -0.15) is 0 Å². The highest BCUT2D eigenvalue weighted by molar-refractivity contribution is 5.94. The summed E-state index contributed by atoms with van der Waals surface area (Å²) in [6.07, 6.45) is 1.70. The molecule has 0 saturated heterocycles. The predicted octanol–water partition coefficient (Wildman–Crippen LogP) is 3.72. The lowest BCUT2D eigenvalue weighted by molar-refractivity contribution is 0.0724. The van der Waals surface area contributed by atoms with Crippen molar-refractivity contribution in [3.05, 3.63) is 70.8 Å². The van der Waals surface area contributed by atoms with Crippen LogP contribution in [0.4, 0.5) is 8.78 Å². The maximum absolute atomic E-state index is 13.8. The molecule has 1 amide bonds. The van der Waals surface area contributed by atoms with E-state index in [1.54, 1.807) is 7.05 Å². The fraction of sp³-hybridized carbons (Fsp3) is 0.235. The monoisotopic (exact) mass is 287 g/mol. The molecule has 0 aromatic heterocycles. The zero-order valence-corrected chi connectivity index (χ0v) is 11.6. The Labute approximate surface area is 122 Å². The highest BCUT2D eigenvalue weighted by atomic mass is 19.2. The number of carbonyl (C=O) groups is 1. The Hall–Kier alpha value is -2.23. The Bertz CT molecular complexity index is 699. The quantitative estimate of drug-likeness (QED) is 0.824. The summed E-state index contributed by atoms with van der Waals surface area (Å²) in [5, 5.41) is 0. The van der Waals surface area contributed by atoms with E-state index in [9.17, 15) is 13.6 Å². The van der Waals surface area contributed by atoms with Crippen molar-refractivity contribution in [2.24, 2.45) is 0 Å². The number of nitrogens with zero attached hydrogens (tertiary/aromatic N) is 1. The van der Waals surface area contributed by atoms with Gasteiger partial charge >= 0.3 is 0 Å². The Morgan fingerprint density at radius 3 is 2.71 bits per heavy atom. The molecule has 2 aromatic carbocycles. The molecule has 1 atom stereocenters. The minimum atomic E-state index is -1.08. The van der Waals surface area contributed by atoms with Gasteiger partial charge in [0.25, 0.3) is 5.91 Å². The van der Waals surface area contributed by atoms with Crippen LogP contribution in [0.1, 0.15) is 33.9 Å². The molecule has 0 radical (unpaired) electrons. The molecule has 0 bridgehead atoms. The largest absolute Gasteiger partial charge is 0.335 e. The molecule has 3 rings (SSSR count). The minimum Gasteiger partial charge on any atom is -0.335 e. The second-order valence-corrected chi connectivity index (χ2v) is 5.27. The summed E-state index contributed by atoms with van der Waals surface area (Å²) in [6, 6.07) is 11.5. The van der Waals surface area contributed by atoms with E-state index in [0.717, 1.165) is 24.5 Å². The molecule has 0 N–H and O–H groups in total. The number of halogens is 2. The number of amides is 1. The van der Waals surface area contributed by atoms with Crippen LogP contribution in [0.25, 0.3) is 0 Å². The summed E-state index contributed by atoms with van der Waals surface area (Å²) in [6.45, 7) is 0. The topological polar surface area (TPSA) is 20.3 Å². The van der Waals surface area contributed by atoms with Crippen molar-refractivity contribution in [2.45, 2.75) is 18.9 Å². The van der Waals surface area contributed by atoms with E-state index in [1.165, 1.54) is 22.6 Å². The van der Waals surface area contributed by atoms with Crippen LogP contribution in [0.2, 0.25) is 0 Å². The van der Waals surface area contributed by atoms with E-state index in [4.69, 9.17) is 0 Å². The lowest BCUT2D eigenvalue weighted by Crippen LogP contribution is -2.31. The Kier molecular flexibility index (Phi) is 3.45. The Morgan fingerprint density at radius 2 is 1.90 bits per heavy atom. The smallest absolute Gasteiger partial charge is 0.257 e. The summed E-state index contributed by atoms with van der Waals surface area (Å²) in [5.41, 5.74) is 2.08. The molecule has 2 nitrogen and oxygen atoms in total. The molecule has 1 aliphatic rings. The van der Waals surface area contributed by atoms with Crippen molar-refractivity contribution in [3.63, 3.8) is 0 Å². The van der Waals surface area contributed by atoms with Crippen molar-refractivity contribution < 1.29 is 13.6 Å². The molecule has 0 heterocycles. The standard InChI is InChI=1S/C17H15F2NO/c1-20(15-10-9-11-5-2-3-6-12(11)15)17(21)13-7-4-8-14(18)16(13)19/h2-8,15H,9-10H2,1H3. The first-order valence-corrected chi connectivity index (χ1v) is 6.88. The summed E-state index contributed by atoms with van der Waals surface area (Å²) < 4.78 is 27.0. The van der Waals surface area contributed by atoms with E-state index in [0.29, 0.717) is 0 Å². The zero-order chi connectivity index (χ0) is 15.0. The van der Waals surface area contributed by atoms with Crippen molar-refractivity contribution in [1.82, 2.24) is 4.90 Å².